The largest absolute Gasteiger partial charge is 0.351 e. The molecule has 0 aliphatic heterocycles. The van der Waals surface area contributed by atoms with Crippen LogP contribution in [0, 0.1) is 6.92 Å². The maximum absolute atomic E-state index is 11.7. The van der Waals surface area contributed by atoms with Crippen LogP contribution in [-0.4, -0.2) is 17.1 Å². The van der Waals surface area contributed by atoms with Crippen LogP contribution in [0.4, 0.5) is 0 Å². The maximum Gasteiger partial charge on any atom is 0.290 e. The zero-order chi connectivity index (χ0) is 12.7. The van der Waals surface area contributed by atoms with Crippen LogP contribution in [0.25, 0.3) is 0 Å². The third-order valence-electron chi connectivity index (χ3n) is 2.72. The van der Waals surface area contributed by atoms with Crippen LogP contribution in [0.3, 0.4) is 0 Å². The van der Waals surface area contributed by atoms with Crippen molar-refractivity contribution in [2.45, 2.75) is 58.9 Å². The summed E-state index contributed by atoms with van der Waals surface area (Å²) in [5.74, 6) is 0.122. The van der Waals surface area contributed by atoms with E-state index in [0.717, 1.165) is 18.5 Å². The fourth-order valence-electron chi connectivity index (χ4n) is 1.71. The van der Waals surface area contributed by atoms with Gasteiger partial charge in [-0.3, -0.25) is 4.79 Å². The van der Waals surface area contributed by atoms with Gasteiger partial charge in [0.1, 0.15) is 0 Å². The average molecular weight is 238 g/mol. The quantitative estimate of drug-likeness (QED) is 0.743. The average Bonchev–Trinajstić information content (AvgIpc) is 2.71. The van der Waals surface area contributed by atoms with Crippen molar-refractivity contribution in [2.75, 3.05) is 0 Å². The molecule has 0 saturated carbocycles. The fourth-order valence-corrected chi connectivity index (χ4v) is 1.71. The monoisotopic (exact) mass is 238 g/mol. The van der Waals surface area contributed by atoms with Crippen LogP contribution in [-0.2, 0) is 0 Å². The number of carbonyl (C=O) groups is 1. The summed E-state index contributed by atoms with van der Waals surface area (Å²) in [4.78, 5) is 11.7. The molecule has 1 N–H and O–H groups in total. The highest BCUT2D eigenvalue weighted by molar-refractivity contribution is 5.91. The summed E-state index contributed by atoms with van der Waals surface area (Å²) < 4.78 is 4.91. The van der Waals surface area contributed by atoms with E-state index < -0.39 is 0 Å². The van der Waals surface area contributed by atoms with Gasteiger partial charge in [-0.25, -0.2) is 0 Å². The first-order chi connectivity index (χ1) is 8.13. The Kier molecular flexibility index (Phi) is 5.73. The molecule has 4 heteroatoms. The van der Waals surface area contributed by atoms with E-state index in [0.29, 0.717) is 5.76 Å². The standard InChI is InChI=1S/C13H22N2O2/c1-4-5-6-7-8-10(2)14-13(16)12-9-11(3)15-17-12/h9-10H,4-8H2,1-3H3,(H,14,16). The molecule has 1 rings (SSSR count). The lowest BCUT2D eigenvalue weighted by Crippen LogP contribution is -2.32. The molecule has 0 aliphatic carbocycles. The second-order valence-corrected chi connectivity index (χ2v) is 4.56. The van der Waals surface area contributed by atoms with Gasteiger partial charge in [-0.2, -0.15) is 0 Å². The molecule has 1 heterocycles. The van der Waals surface area contributed by atoms with Gasteiger partial charge < -0.3 is 9.84 Å². The minimum atomic E-state index is -0.173. The number of nitrogens with one attached hydrogen (secondary N) is 1. The summed E-state index contributed by atoms with van der Waals surface area (Å²) in [6.07, 6.45) is 5.90. The molecule has 1 unspecified atom stereocenters. The molecule has 0 aliphatic rings. The first kappa shape index (κ1) is 13.7. The Morgan fingerprint density at radius 3 is 2.82 bits per heavy atom. The van der Waals surface area contributed by atoms with Crippen LogP contribution < -0.4 is 5.32 Å². The minimum Gasteiger partial charge on any atom is -0.351 e. The number of hydrogen-bond donors (Lipinski definition) is 1. The van der Waals surface area contributed by atoms with Gasteiger partial charge in [0, 0.05) is 12.1 Å². The fraction of sp³-hybridized carbons (Fsp3) is 0.692. The topological polar surface area (TPSA) is 55.1 Å². The molecular formula is C13H22N2O2. The van der Waals surface area contributed by atoms with Crippen LogP contribution in [0.15, 0.2) is 10.6 Å². The van der Waals surface area contributed by atoms with Crippen molar-refractivity contribution in [1.82, 2.24) is 10.5 Å². The van der Waals surface area contributed by atoms with Crippen molar-refractivity contribution in [3.05, 3.63) is 17.5 Å². The van der Waals surface area contributed by atoms with Gasteiger partial charge in [0.15, 0.2) is 0 Å². The molecule has 0 spiro atoms. The smallest absolute Gasteiger partial charge is 0.290 e. The Morgan fingerprint density at radius 2 is 2.24 bits per heavy atom. The van der Waals surface area contributed by atoms with Crippen LogP contribution in [0.2, 0.25) is 0 Å². The van der Waals surface area contributed by atoms with Gasteiger partial charge in [0.05, 0.1) is 5.69 Å². The summed E-state index contributed by atoms with van der Waals surface area (Å²) in [6.45, 7) is 6.01. The molecular weight excluding hydrogens is 216 g/mol. The SMILES string of the molecule is CCCCCCC(C)NC(=O)c1cc(C)no1. The Morgan fingerprint density at radius 1 is 1.47 bits per heavy atom. The third kappa shape index (κ3) is 5.02. The van der Waals surface area contributed by atoms with Crippen LogP contribution in [0.5, 0.6) is 0 Å². The highest BCUT2D eigenvalue weighted by Crippen LogP contribution is 2.07. The number of carbonyl (C=O) groups excluding carboxylic acids is 1. The van der Waals surface area contributed by atoms with E-state index >= 15 is 0 Å². The Labute approximate surface area is 103 Å². The molecule has 0 saturated heterocycles. The van der Waals surface area contributed by atoms with E-state index in [2.05, 4.69) is 17.4 Å². The summed E-state index contributed by atoms with van der Waals surface area (Å²) in [6, 6.07) is 1.84. The Hall–Kier alpha value is -1.32. The van der Waals surface area contributed by atoms with Crippen molar-refractivity contribution >= 4 is 5.91 Å². The van der Waals surface area contributed by atoms with Gasteiger partial charge in [-0.05, 0) is 20.3 Å². The predicted molar refractivity (Wildman–Crippen MR) is 66.9 cm³/mol. The van der Waals surface area contributed by atoms with Crippen molar-refractivity contribution < 1.29 is 9.32 Å². The first-order valence-corrected chi connectivity index (χ1v) is 6.37. The molecule has 0 radical (unpaired) electrons. The van der Waals surface area contributed by atoms with Crippen LogP contribution in [0.1, 0.15) is 62.2 Å². The summed E-state index contributed by atoms with van der Waals surface area (Å²) in [5.41, 5.74) is 0.728. The second-order valence-electron chi connectivity index (χ2n) is 4.56. The number of nitrogens with zero attached hydrogens (tertiary/aromatic N) is 1. The zero-order valence-corrected chi connectivity index (χ0v) is 11.0. The highest BCUT2D eigenvalue weighted by Gasteiger charge is 2.13. The summed E-state index contributed by atoms with van der Waals surface area (Å²) in [7, 11) is 0. The molecule has 4 nitrogen and oxygen atoms in total. The molecule has 1 aromatic heterocycles. The molecule has 1 aromatic rings. The van der Waals surface area contributed by atoms with Gasteiger partial charge >= 0.3 is 0 Å². The third-order valence-corrected chi connectivity index (χ3v) is 2.72. The van der Waals surface area contributed by atoms with Crippen molar-refractivity contribution in [1.29, 1.82) is 0 Å². The zero-order valence-electron chi connectivity index (χ0n) is 11.0. The van der Waals surface area contributed by atoms with E-state index in [9.17, 15) is 4.79 Å². The number of unbranched alkanes of at least 4 members (excludes halogenated alkanes) is 3. The van der Waals surface area contributed by atoms with Crippen LogP contribution >= 0.6 is 0 Å². The van der Waals surface area contributed by atoms with E-state index in [1.165, 1.54) is 19.3 Å². The van der Waals surface area contributed by atoms with Crippen molar-refractivity contribution in [2.24, 2.45) is 0 Å². The lowest BCUT2D eigenvalue weighted by molar-refractivity contribution is 0.0900. The van der Waals surface area contributed by atoms with E-state index in [-0.39, 0.29) is 11.9 Å². The molecule has 1 amide bonds. The Balaban J connectivity index is 2.26. The van der Waals surface area contributed by atoms with Gasteiger partial charge in [-0.15, -0.1) is 0 Å². The van der Waals surface area contributed by atoms with E-state index in [1.54, 1.807) is 13.0 Å². The number of amides is 1. The maximum atomic E-state index is 11.7. The lowest BCUT2D eigenvalue weighted by atomic mass is 10.1. The molecule has 1 atom stereocenters. The molecule has 0 aromatic carbocycles. The number of aryl methyl sites for hydroxylation is 1. The molecule has 96 valence electrons. The number of rotatable bonds is 7. The van der Waals surface area contributed by atoms with Gasteiger partial charge in [-0.1, -0.05) is 37.8 Å². The summed E-state index contributed by atoms with van der Waals surface area (Å²) >= 11 is 0. The summed E-state index contributed by atoms with van der Waals surface area (Å²) in [5, 5.41) is 6.61. The highest BCUT2D eigenvalue weighted by atomic mass is 16.5. The second kappa shape index (κ2) is 7.09. The Bertz CT molecular complexity index is 347. The van der Waals surface area contributed by atoms with Crippen molar-refractivity contribution in [3.63, 3.8) is 0 Å². The molecule has 17 heavy (non-hydrogen) atoms. The van der Waals surface area contributed by atoms with E-state index in [4.69, 9.17) is 4.52 Å². The predicted octanol–water partition coefficient (Wildman–Crippen LogP) is 3.07. The molecule has 0 bridgehead atoms. The number of hydrogen-bond acceptors (Lipinski definition) is 3. The van der Waals surface area contributed by atoms with E-state index in [1.807, 2.05) is 6.92 Å². The first-order valence-electron chi connectivity index (χ1n) is 6.37. The van der Waals surface area contributed by atoms with Gasteiger partial charge in [0.2, 0.25) is 5.76 Å². The normalized spacial score (nSPS) is 12.4. The number of aromatic nitrogens is 1. The minimum absolute atomic E-state index is 0.173. The lowest BCUT2D eigenvalue weighted by Gasteiger charge is -2.12. The van der Waals surface area contributed by atoms with Crippen molar-refractivity contribution in [3.8, 4) is 0 Å². The molecule has 0 fully saturated rings. The van der Waals surface area contributed by atoms with Gasteiger partial charge in [0.25, 0.3) is 5.91 Å².